The number of rotatable bonds is 4. The van der Waals surface area contributed by atoms with Crippen LogP contribution in [0.5, 0.6) is 0 Å². The fourth-order valence-corrected chi connectivity index (χ4v) is 1.45. The van der Waals surface area contributed by atoms with Crippen LogP contribution < -0.4 is 5.32 Å². The van der Waals surface area contributed by atoms with Crippen molar-refractivity contribution in [3.8, 4) is 0 Å². The third-order valence-corrected chi connectivity index (χ3v) is 2.33. The number of nitrogens with one attached hydrogen (secondary N) is 1. The topological polar surface area (TPSA) is 72.2 Å². The van der Waals surface area contributed by atoms with Crippen molar-refractivity contribution in [2.24, 2.45) is 0 Å². The molecule has 27 heavy (non-hydrogen) atoms. The Morgan fingerprint density at radius 3 is 1.93 bits per heavy atom. The summed E-state index contributed by atoms with van der Waals surface area (Å²) in [6.07, 6.45) is 7.03. The van der Waals surface area contributed by atoms with Crippen LogP contribution in [0.3, 0.4) is 0 Å². The molecule has 0 unspecified atom stereocenters. The molecule has 154 valence electrons. The van der Waals surface area contributed by atoms with E-state index in [9.17, 15) is 14.9 Å². The lowest BCUT2D eigenvalue weighted by Crippen LogP contribution is -2.17. The van der Waals surface area contributed by atoms with E-state index in [1.165, 1.54) is 19.1 Å². The van der Waals surface area contributed by atoms with E-state index in [0.717, 1.165) is 5.70 Å². The third kappa shape index (κ3) is 21.6. The van der Waals surface area contributed by atoms with Crippen molar-refractivity contribution in [2.75, 3.05) is 0 Å². The lowest BCUT2D eigenvalue weighted by molar-refractivity contribution is -0.384. The van der Waals surface area contributed by atoms with Gasteiger partial charge in [0.2, 0.25) is 5.91 Å². The number of benzene rings is 1. The minimum atomic E-state index is -0.512. The first-order valence-corrected chi connectivity index (χ1v) is 9.42. The third-order valence-electron chi connectivity index (χ3n) is 2.01. The van der Waals surface area contributed by atoms with E-state index in [0.29, 0.717) is 0 Å². The highest BCUT2D eigenvalue weighted by Crippen LogP contribution is 2.22. The average molecular weight is 399 g/mol. The van der Waals surface area contributed by atoms with E-state index in [1.54, 1.807) is 24.3 Å². The van der Waals surface area contributed by atoms with Crippen molar-refractivity contribution in [3.63, 3.8) is 0 Å². The average Bonchev–Trinajstić information content (AvgIpc) is 2.67. The predicted molar refractivity (Wildman–Crippen MR) is 119 cm³/mol. The minimum Gasteiger partial charge on any atom is -0.326 e. The van der Waals surface area contributed by atoms with Gasteiger partial charge in [-0.2, -0.15) is 0 Å². The molecule has 0 saturated heterocycles. The number of hydrogen-bond donors (Lipinski definition) is 1. The van der Waals surface area contributed by atoms with Gasteiger partial charge in [0.25, 0.3) is 5.69 Å². The first kappa shape index (κ1) is 32.3. The molecule has 0 aliphatic rings. The van der Waals surface area contributed by atoms with Crippen LogP contribution in [0, 0.1) is 10.1 Å². The van der Waals surface area contributed by atoms with Crippen LogP contribution in [0.4, 0.5) is 5.69 Å². The summed E-state index contributed by atoms with van der Waals surface area (Å²) in [7, 11) is 0. The molecular weight excluding hydrogens is 364 g/mol. The summed E-state index contributed by atoms with van der Waals surface area (Å²) in [5, 5.41) is 13.0. The maximum atomic E-state index is 10.6. The Kier molecular flexibility index (Phi) is 30.9. The van der Waals surface area contributed by atoms with Crippen molar-refractivity contribution in [2.45, 2.75) is 55.4 Å². The molecule has 0 aliphatic heterocycles. The summed E-state index contributed by atoms with van der Waals surface area (Å²) in [4.78, 5) is 20.2. The number of nitrogens with zero attached hydrogens (tertiary/aromatic N) is 1. The molecule has 0 fully saturated rings. The van der Waals surface area contributed by atoms with Gasteiger partial charge in [-0.15, -0.1) is 0 Å². The summed E-state index contributed by atoms with van der Waals surface area (Å²) in [5.74, 6) is -0.0730. The summed E-state index contributed by atoms with van der Waals surface area (Å²) >= 11 is 5.48. The van der Waals surface area contributed by atoms with Crippen LogP contribution in [0.15, 0.2) is 60.8 Å². The highest BCUT2D eigenvalue weighted by atomic mass is 35.5. The fraction of sp³-hybridized carbons (Fsp3) is 0.381. The predicted octanol–water partition coefficient (Wildman–Crippen LogP) is 7.10. The molecule has 0 aromatic heterocycles. The second-order valence-corrected chi connectivity index (χ2v) is 4.15. The maximum Gasteiger partial charge on any atom is 0.287 e. The molecule has 0 atom stereocenters. The molecule has 0 radical (unpaired) electrons. The smallest absolute Gasteiger partial charge is 0.287 e. The normalized spacial score (nSPS) is 8.85. The molecule has 0 spiro atoms. The van der Waals surface area contributed by atoms with Crippen molar-refractivity contribution in [1.82, 2.24) is 5.32 Å². The van der Waals surface area contributed by atoms with Gasteiger partial charge >= 0.3 is 0 Å². The van der Waals surface area contributed by atoms with Crippen molar-refractivity contribution >= 4 is 23.2 Å². The van der Waals surface area contributed by atoms with E-state index in [4.69, 9.17) is 11.6 Å². The number of nitro groups is 1. The number of halogens is 1. The molecule has 0 bridgehead atoms. The van der Waals surface area contributed by atoms with Gasteiger partial charge in [-0.05, 0) is 25.1 Å². The number of carbonyl (C=O) groups is 1. The number of para-hydroxylation sites is 1. The monoisotopic (exact) mass is 398 g/mol. The molecule has 1 amide bonds. The highest BCUT2D eigenvalue weighted by molar-refractivity contribution is 6.32. The molecule has 0 heterocycles. The van der Waals surface area contributed by atoms with E-state index in [2.05, 4.69) is 11.9 Å². The quantitative estimate of drug-likeness (QED) is 0.334. The SMILES string of the molecule is C=C/C=C(\C=C/C)NC(C)=O.CC.CC.CC.O=[N+]([O-])c1ccccc1Cl. The number of hydrogen-bond acceptors (Lipinski definition) is 3. The molecule has 1 aromatic carbocycles. The van der Waals surface area contributed by atoms with Crippen LogP contribution in [0.2, 0.25) is 5.02 Å². The summed E-state index contributed by atoms with van der Waals surface area (Å²) < 4.78 is 0. The van der Waals surface area contributed by atoms with Gasteiger partial charge in [-0.3, -0.25) is 14.9 Å². The zero-order valence-electron chi connectivity index (χ0n) is 17.9. The summed E-state index contributed by atoms with van der Waals surface area (Å²) in [5.41, 5.74) is 0.708. The van der Waals surface area contributed by atoms with Crippen LogP contribution in [0.25, 0.3) is 0 Å². The number of allylic oxidation sites excluding steroid dienone is 4. The second kappa shape index (κ2) is 25.8. The first-order valence-electron chi connectivity index (χ1n) is 9.04. The van der Waals surface area contributed by atoms with E-state index >= 15 is 0 Å². The number of amides is 1. The highest BCUT2D eigenvalue weighted by Gasteiger charge is 2.08. The van der Waals surface area contributed by atoms with Gasteiger partial charge < -0.3 is 5.32 Å². The molecule has 1 rings (SSSR count). The van der Waals surface area contributed by atoms with Crippen molar-refractivity contribution in [3.05, 3.63) is 76.0 Å². The minimum absolute atomic E-state index is 0.0517. The molecule has 0 aliphatic carbocycles. The first-order chi connectivity index (χ1) is 12.9. The summed E-state index contributed by atoms with van der Waals surface area (Å²) in [6, 6.07) is 6.07. The van der Waals surface area contributed by atoms with E-state index in [1.807, 2.05) is 60.6 Å². The van der Waals surface area contributed by atoms with Crippen LogP contribution in [-0.4, -0.2) is 10.8 Å². The molecule has 1 N–H and O–H groups in total. The Labute approximate surface area is 170 Å². The maximum absolute atomic E-state index is 10.6. The molecule has 5 nitrogen and oxygen atoms in total. The zero-order valence-corrected chi connectivity index (χ0v) is 18.6. The van der Waals surface area contributed by atoms with Gasteiger partial charge in [-0.25, -0.2) is 0 Å². The Morgan fingerprint density at radius 2 is 1.63 bits per heavy atom. The van der Waals surface area contributed by atoms with Crippen molar-refractivity contribution in [1.29, 1.82) is 0 Å². The second-order valence-electron chi connectivity index (χ2n) is 3.75. The Balaban J connectivity index is -0.000000153. The molecule has 6 heteroatoms. The van der Waals surface area contributed by atoms with Gasteiger partial charge in [0.15, 0.2) is 0 Å². The lowest BCUT2D eigenvalue weighted by Gasteiger charge is -1.99. The Hall–Kier alpha value is -2.40. The van der Waals surface area contributed by atoms with E-state index < -0.39 is 4.92 Å². The molecular formula is C21H35ClN2O3. The van der Waals surface area contributed by atoms with Crippen LogP contribution in [-0.2, 0) is 4.79 Å². The van der Waals surface area contributed by atoms with Gasteiger partial charge in [0, 0.05) is 18.7 Å². The van der Waals surface area contributed by atoms with Gasteiger partial charge in [-0.1, -0.05) is 84.0 Å². The van der Waals surface area contributed by atoms with Crippen molar-refractivity contribution < 1.29 is 9.72 Å². The largest absolute Gasteiger partial charge is 0.326 e. The van der Waals surface area contributed by atoms with Gasteiger partial charge in [0.05, 0.1) is 4.92 Å². The van der Waals surface area contributed by atoms with Crippen LogP contribution >= 0.6 is 11.6 Å². The van der Waals surface area contributed by atoms with Crippen LogP contribution in [0.1, 0.15) is 55.4 Å². The zero-order chi connectivity index (χ0) is 22.3. The standard InChI is InChI=1S/C9H13NO.C6H4ClNO2.3C2H6/c1-4-6-9(7-5-2)10-8(3)11;7-5-3-1-2-4-6(5)8(9)10;3*1-2/h4-7H,1H2,2-3H3,(H,10,11);1-4H;3*1-2H3/b7-5-,9-6+;;;;. The number of carbonyl (C=O) groups excluding carboxylic acids is 1. The van der Waals surface area contributed by atoms with E-state index in [-0.39, 0.29) is 16.6 Å². The summed E-state index contributed by atoms with van der Waals surface area (Å²) in [6.45, 7) is 18.9. The Bertz CT molecular complexity index is 568. The molecule has 0 saturated carbocycles. The Morgan fingerprint density at radius 1 is 1.15 bits per heavy atom. The number of nitro benzene ring substituents is 1. The molecule has 1 aromatic rings. The fourth-order valence-electron chi connectivity index (χ4n) is 1.25. The lowest BCUT2D eigenvalue weighted by atomic mass is 10.3. The van der Waals surface area contributed by atoms with Gasteiger partial charge in [0.1, 0.15) is 5.02 Å².